The summed E-state index contributed by atoms with van der Waals surface area (Å²) >= 11 is 0. The second-order valence-corrected chi connectivity index (χ2v) is 6.72. The molecule has 0 aromatic carbocycles. The Morgan fingerprint density at radius 3 is 2.96 bits per heavy atom. The number of aromatic amines is 1. The molecule has 0 unspecified atom stereocenters. The number of β-amino-alcohol motifs (C(OH)–C–C–N with tert-alkyl or cyclic N) is 1. The van der Waals surface area contributed by atoms with Crippen LogP contribution in [0.2, 0.25) is 0 Å². The summed E-state index contributed by atoms with van der Waals surface area (Å²) in [6.45, 7) is 4.44. The first-order chi connectivity index (χ1) is 11.1. The van der Waals surface area contributed by atoms with Crippen molar-refractivity contribution in [1.82, 2.24) is 24.9 Å². The molecule has 3 rings (SSSR count). The monoisotopic (exact) mass is 321 g/mol. The number of carbonyl (C=O) groups is 1. The molecule has 1 aromatic rings. The molecular weight excluding hydrogens is 294 g/mol. The van der Waals surface area contributed by atoms with Crippen molar-refractivity contribution in [2.24, 2.45) is 0 Å². The molecule has 1 fully saturated rings. The van der Waals surface area contributed by atoms with Gasteiger partial charge in [0, 0.05) is 44.4 Å². The Balaban J connectivity index is 1.47. The van der Waals surface area contributed by atoms with E-state index in [4.69, 9.17) is 0 Å². The van der Waals surface area contributed by atoms with E-state index >= 15 is 0 Å². The average molecular weight is 321 g/mol. The summed E-state index contributed by atoms with van der Waals surface area (Å²) in [6.07, 6.45) is 5.82. The largest absolute Gasteiger partial charge is 0.390 e. The van der Waals surface area contributed by atoms with Crippen molar-refractivity contribution in [3.05, 3.63) is 17.5 Å². The number of hydrogen-bond acceptors (Lipinski definition) is 4. The van der Waals surface area contributed by atoms with Crippen LogP contribution in [0.15, 0.2) is 6.20 Å². The van der Waals surface area contributed by atoms with Crippen molar-refractivity contribution < 1.29 is 9.90 Å². The van der Waals surface area contributed by atoms with Crippen molar-refractivity contribution in [3.63, 3.8) is 0 Å². The van der Waals surface area contributed by atoms with Crippen LogP contribution in [0.5, 0.6) is 0 Å². The molecule has 3 heterocycles. The molecule has 23 heavy (non-hydrogen) atoms. The fourth-order valence-corrected chi connectivity index (χ4v) is 3.52. The van der Waals surface area contributed by atoms with Crippen LogP contribution in [0.4, 0.5) is 4.79 Å². The molecule has 1 atom stereocenters. The first kappa shape index (κ1) is 16.3. The first-order valence-corrected chi connectivity index (χ1v) is 8.55. The predicted octanol–water partition coefficient (Wildman–Crippen LogP) is 0.666. The lowest BCUT2D eigenvalue weighted by Gasteiger charge is -2.33. The average Bonchev–Trinajstić information content (AvgIpc) is 3.02. The van der Waals surface area contributed by atoms with Gasteiger partial charge in [0.1, 0.15) is 0 Å². The van der Waals surface area contributed by atoms with Crippen molar-refractivity contribution in [2.75, 3.05) is 39.8 Å². The van der Waals surface area contributed by atoms with E-state index in [2.05, 4.69) is 15.1 Å². The van der Waals surface area contributed by atoms with Gasteiger partial charge in [0.15, 0.2) is 0 Å². The molecule has 1 saturated heterocycles. The third-order valence-electron chi connectivity index (χ3n) is 4.80. The number of nitrogens with one attached hydrogen (secondary N) is 1. The maximum absolute atomic E-state index is 12.6. The third kappa shape index (κ3) is 4.03. The van der Waals surface area contributed by atoms with Gasteiger partial charge < -0.3 is 19.8 Å². The molecule has 0 spiro atoms. The van der Waals surface area contributed by atoms with Gasteiger partial charge in [-0.1, -0.05) is 6.42 Å². The van der Waals surface area contributed by atoms with Gasteiger partial charge in [-0.15, -0.1) is 0 Å². The van der Waals surface area contributed by atoms with Crippen LogP contribution in [0.25, 0.3) is 0 Å². The van der Waals surface area contributed by atoms with Crippen LogP contribution >= 0.6 is 0 Å². The van der Waals surface area contributed by atoms with Gasteiger partial charge in [-0.25, -0.2) is 4.79 Å². The van der Waals surface area contributed by atoms with E-state index in [-0.39, 0.29) is 6.03 Å². The molecule has 2 amide bonds. The van der Waals surface area contributed by atoms with E-state index in [9.17, 15) is 9.90 Å². The zero-order valence-corrected chi connectivity index (χ0v) is 13.9. The van der Waals surface area contributed by atoms with Gasteiger partial charge in [-0.2, -0.15) is 5.10 Å². The fraction of sp³-hybridized carbons (Fsp3) is 0.750. The first-order valence-electron chi connectivity index (χ1n) is 8.55. The van der Waals surface area contributed by atoms with E-state index in [0.717, 1.165) is 30.8 Å². The highest BCUT2D eigenvalue weighted by atomic mass is 16.3. The summed E-state index contributed by atoms with van der Waals surface area (Å²) in [5.41, 5.74) is 2.22. The van der Waals surface area contributed by atoms with Crippen molar-refractivity contribution in [3.8, 4) is 0 Å². The molecule has 7 nitrogen and oxygen atoms in total. The second kappa shape index (κ2) is 7.31. The van der Waals surface area contributed by atoms with Gasteiger partial charge in [0.2, 0.25) is 0 Å². The molecule has 0 saturated carbocycles. The second-order valence-electron chi connectivity index (χ2n) is 6.72. The maximum Gasteiger partial charge on any atom is 0.320 e. The van der Waals surface area contributed by atoms with Crippen molar-refractivity contribution in [2.45, 2.75) is 38.3 Å². The number of urea groups is 1. The minimum Gasteiger partial charge on any atom is -0.390 e. The molecule has 7 heteroatoms. The van der Waals surface area contributed by atoms with E-state index in [1.807, 2.05) is 4.90 Å². The molecular formula is C16H27N5O2. The summed E-state index contributed by atoms with van der Waals surface area (Å²) in [5.74, 6) is 0. The molecule has 0 bridgehead atoms. The SMILES string of the molecule is CN(C[C@@H](O)CN1CCCCC1)C(=O)N1CCc2[nH]ncc2C1. The van der Waals surface area contributed by atoms with E-state index in [1.165, 1.54) is 19.3 Å². The Morgan fingerprint density at radius 2 is 2.17 bits per heavy atom. The van der Waals surface area contributed by atoms with Crippen LogP contribution < -0.4 is 0 Å². The number of hydrogen-bond donors (Lipinski definition) is 2. The van der Waals surface area contributed by atoms with E-state index in [0.29, 0.717) is 26.2 Å². The predicted molar refractivity (Wildman–Crippen MR) is 87.0 cm³/mol. The number of aliphatic hydroxyl groups is 1. The number of likely N-dealkylation sites (N-methyl/N-ethyl adjacent to an activating group) is 1. The highest BCUT2D eigenvalue weighted by molar-refractivity contribution is 5.74. The fourth-order valence-electron chi connectivity index (χ4n) is 3.52. The molecule has 2 aliphatic heterocycles. The lowest BCUT2D eigenvalue weighted by atomic mass is 10.1. The number of carbonyl (C=O) groups excluding carboxylic acids is 1. The number of aromatic nitrogens is 2. The van der Waals surface area contributed by atoms with Crippen molar-refractivity contribution in [1.29, 1.82) is 0 Å². The summed E-state index contributed by atoms with van der Waals surface area (Å²) in [7, 11) is 1.77. The lowest BCUT2D eigenvalue weighted by molar-refractivity contribution is 0.0730. The molecule has 128 valence electrons. The van der Waals surface area contributed by atoms with Crippen molar-refractivity contribution >= 4 is 6.03 Å². The smallest absolute Gasteiger partial charge is 0.320 e. The van der Waals surface area contributed by atoms with Gasteiger partial charge >= 0.3 is 6.03 Å². The molecule has 0 aliphatic carbocycles. The Labute approximate surface area is 137 Å². The minimum absolute atomic E-state index is 0.0189. The van der Waals surface area contributed by atoms with E-state index < -0.39 is 6.10 Å². The molecule has 2 aliphatic rings. The van der Waals surface area contributed by atoms with Crippen LogP contribution in [0.3, 0.4) is 0 Å². The van der Waals surface area contributed by atoms with Crippen LogP contribution in [0.1, 0.15) is 30.5 Å². The van der Waals surface area contributed by atoms with Crippen LogP contribution in [-0.2, 0) is 13.0 Å². The zero-order valence-electron chi connectivity index (χ0n) is 13.9. The standard InChI is InChI=1S/C16H27N5O2/c1-19(11-14(22)12-20-6-3-2-4-7-20)16(23)21-8-5-15-13(10-21)9-17-18-15/h9,14,22H,2-8,10-12H2,1H3,(H,17,18)/t14-/m1/s1. The third-order valence-corrected chi connectivity index (χ3v) is 4.80. The molecule has 2 N–H and O–H groups in total. The van der Waals surface area contributed by atoms with Gasteiger partial charge in [0.05, 0.1) is 18.8 Å². The Kier molecular flexibility index (Phi) is 5.17. The number of likely N-dealkylation sites (tertiary alicyclic amines) is 1. The number of H-pyrrole nitrogens is 1. The van der Waals surface area contributed by atoms with Crippen LogP contribution in [-0.4, -0.2) is 81.9 Å². The Hall–Kier alpha value is -1.60. The highest BCUT2D eigenvalue weighted by Crippen LogP contribution is 2.17. The van der Waals surface area contributed by atoms with E-state index in [1.54, 1.807) is 18.1 Å². The Morgan fingerprint density at radius 1 is 1.39 bits per heavy atom. The minimum atomic E-state index is -0.490. The quantitative estimate of drug-likeness (QED) is 0.854. The normalized spacial score (nSPS) is 20.2. The van der Waals surface area contributed by atoms with Gasteiger partial charge in [-0.05, 0) is 25.9 Å². The summed E-state index contributed by atoms with van der Waals surface area (Å²) in [4.78, 5) is 18.3. The maximum atomic E-state index is 12.6. The molecule has 1 aromatic heterocycles. The molecule has 0 radical (unpaired) electrons. The topological polar surface area (TPSA) is 75.7 Å². The number of nitrogens with zero attached hydrogens (tertiary/aromatic N) is 4. The number of amides is 2. The summed E-state index contributed by atoms with van der Waals surface area (Å²) in [6, 6.07) is -0.0189. The zero-order chi connectivity index (χ0) is 16.2. The van der Waals surface area contributed by atoms with Gasteiger partial charge in [-0.3, -0.25) is 5.10 Å². The lowest BCUT2D eigenvalue weighted by Crippen LogP contribution is -2.48. The number of piperidine rings is 1. The Bertz CT molecular complexity index is 526. The van der Waals surface area contributed by atoms with Crippen LogP contribution in [0, 0.1) is 0 Å². The number of fused-ring (bicyclic) bond motifs is 1. The summed E-state index contributed by atoms with van der Waals surface area (Å²) < 4.78 is 0. The summed E-state index contributed by atoms with van der Waals surface area (Å²) in [5, 5.41) is 17.3. The highest BCUT2D eigenvalue weighted by Gasteiger charge is 2.25. The van der Waals surface area contributed by atoms with Gasteiger partial charge in [0.25, 0.3) is 0 Å². The number of aliphatic hydroxyl groups excluding tert-OH is 1. The number of rotatable bonds is 4.